The number of nitrogens with zero attached hydrogens (tertiary/aromatic N) is 5. The van der Waals surface area contributed by atoms with Crippen molar-refractivity contribution < 1.29 is 17.9 Å². The van der Waals surface area contributed by atoms with E-state index in [1.165, 1.54) is 0 Å². The summed E-state index contributed by atoms with van der Waals surface area (Å²) in [4.78, 5) is 31.3. The third-order valence-electron chi connectivity index (χ3n) is 8.63. The molecule has 3 aliphatic carbocycles. The van der Waals surface area contributed by atoms with Crippen LogP contribution in [-0.2, 0) is 10.2 Å². The Morgan fingerprint density at radius 1 is 1.05 bits per heavy atom. The SMILES string of the molecule is Cc1nc2nc([C@H]3CCO[C@@H](c4ccc(=O)n(C(C)C)c4)C3)nc(C34CC(C(F)(F)F)(C3)C4)c2nc1C. The number of aromatic nitrogens is 5. The lowest BCUT2D eigenvalue weighted by atomic mass is 9.34. The highest BCUT2D eigenvalue weighted by atomic mass is 19.4. The molecule has 0 radical (unpaired) electrons. The van der Waals surface area contributed by atoms with E-state index in [0.29, 0.717) is 42.1 Å². The Morgan fingerprint density at radius 2 is 1.76 bits per heavy atom. The zero-order valence-electron chi connectivity index (χ0n) is 21.4. The highest BCUT2D eigenvalue weighted by Crippen LogP contribution is 2.78. The molecule has 0 N–H and O–H groups in total. The number of ether oxygens (including phenoxy) is 1. The standard InChI is InChI=1S/C27H30F3N5O2/c1-14(2)35-10-18(5-6-20(35)36)19-9-17(7-8-37-19)23-33-22(21-24(34-23)32-16(4)15(3)31-21)25-11-26(12-25,13-25)27(28,29)30/h5-6,10,14,17,19H,7-9,11-13H2,1-4H3/t17-,19+,25?,26?/m0/s1. The molecular formula is C27H30F3N5O2. The first kappa shape index (κ1) is 24.5. The summed E-state index contributed by atoms with van der Waals surface area (Å²) in [5.74, 6) is 0.546. The van der Waals surface area contributed by atoms with E-state index in [1.54, 1.807) is 16.7 Å². The Kier molecular flexibility index (Phi) is 5.33. The van der Waals surface area contributed by atoms with Crippen molar-refractivity contribution >= 4 is 11.2 Å². The number of alkyl halides is 3. The van der Waals surface area contributed by atoms with E-state index in [1.807, 2.05) is 33.9 Å². The van der Waals surface area contributed by atoms with Crippen LogP contribution in [0.4, 0.5) is 13.2 Å². The summed E-state index contributed by atoms with van der Waals surface area (Å²) in [5, 5.41) is 0. The van der Waals surface area contributed by atoms with Gasteiger partial charge in [-0.25, -0.2) is 19.9 Å². The third-order valence-corrected chi connectivity index (χ3v) is 8.63. The Hall–Kier alpha value is -2.88. The fraction of sp³-hybridized carbons (Fsp3) is 0.593. The number of rotatable bonds is 4. The number of aryl methyl sites for hydroxylation is 2. The third kappa shape index (κ3) is 3.70. The van der Waals surface area contributed by atoms with Crippen molar-refractivity contribution in [1.82, 2.24) is 24.5 Å². The molecule has 4 fully saturated rings. The number of hydrogen-bond donors (Lipinski definition) is 0. The van der Waals surface area contributed by atoms with Gasteiger partial charge in [0.1, 0.15) is 11.3 Å². The van der Waals surface area contributed by atoms with E-state index in [0.717, 1.165) is 17.0 Å². The molecule has 3 aromatic heterocycles. The van der Waals surface area contributed by atoms with Crippen molar-refractivity contribution in [2.45, 2.75) is 89.5 Å². The van der Waals surface area contributed by atoms with E-state index in [-0.39, 0.29) is 42.9 Å². The van der Waals surface area contributed by atoms with Crippen LogP contribution in [0, 0.1) is 19.3 Å². The number of fused-ring (bicyclic) bond motifs is 1. The molecule has 4 heterocycles. The lowest BCUT2D eigenvalue weighted by Crippen LogP contribution is -2.70. The first-order valence-electron chi connectivity index (χ1n) is 12.9. The fourth-order valence-corrected chi connectivity index (χ4v) is 6.40. The highest BCUT2D eigenvalue weighted by molar-refractivity contribution is 5.75. The first-order chi connectivity index (χ1) is 17.4. The number of hydrogen-bond acceptors (Lipinski definition) is 6. The monoisotopic (exact) mass is 513 g/mol. The lowest BCUT2D eigenvalue weighted by Gasteiger charge is -2.70. The highest BCUT2D eigenvalue weighted by Gasteiger charge is 2.79. The maximum atomic E-state index is 13.6. The van der Waals surface area contributed by atoms with E-state index >= 15 is 0 Å². The van der Waals surface area contributed by atoms with Gasteiger partial charge in [0.2, 0.25) is 0 Å². The Labute approximate surface area is 212 Å². The Bertz CT molecular complexity index is 1450. The summed E-state index contributed by atoms with van der Waals surface area (Å²) in [6.07, 6.45) is -1.12. The molecule has 196 valence electrons. The molecule has 37 heavy (non-hydrogen) atoms. The summed E-state index contributed by atoms with van der Waals surface area (Å²) in [7, 11) is 0. The minimum Gasteiger partial charge on any atom is -0.373 e. The molecule has 0 amide bonds. The van der Waals surface area contributed by atoms with Gasteiger partial charge in [-0.1, -0.05) is 0 Å². The zero-order valence-corrected chi connectivity index (χ0v) is 21.4. The molecule has 1 saturated heterocycles. The zero-order chi connectivity index (χ0) is 26.3. The van der Waals surface area contributed by atoms with E-state index in [4.69, 9.17) is 19.7 Å². The average Bonchev–Trinajstić information content (AvgIpc) is 2.77. The van der Waals surface area contributed by atoms with Crippen molar-refractivity contribution in [2.24, 2.45) is 5.41 Å². The predicted molar refractivity (Wildman–Crippen MR) is 130 cm³/mol. The van der Waals surface area contributed by atoms with Crippen LogP contribution in [0.1, 0.15) is 92.5 Å². The van der Waals surface area contributed by atoms with Crippen LogP contribution in [0.25, 0.3) is 11.2 Å². The second kappa shape index (κ2) is 8.06. The van der Waals surface area contributed by atoms with Crippen molar-refractivity contribution in [3.8, 4) is 0 Å². The molecule has 3 aromatic rings. The molecular weight excluding hydrogens is 483 g/mol. The smallest absolute Gasteiger partial charge is 0.373 e. The second-order valence-electron chi connectivity index (χ2n) is 11.5. The molecule has 2 bridgehead atoms. The van der Waals surface area contributed by atoms with Crippen LogP contribution in [0.5, 0.6) is 0 Å². The molecule has 10 heteroatoms. The summed E-state index contributed by atoms with van der Waals surface area (Å²) in [6, 6.07) is 3.39. The van der Waals surface area contributed by atoms with E-state index in [2.05, 4.69) is 4.98 Å². The number of pyridine rings is 1. The van der Waals surface area contributed by atoms with Gasteiger partial charge in [0, 0.05) is 36.2 Å². The van der Waals surface area contributed by atoms with Gasteiger partial charge in [0.15, 0.2) is 5.65 Å². The lowest BCUT2D eigenvalue weighted by molar-refractivity contribution is -0.337. The predicted octanol–water partition coefficient (Wildman–Crippen LogP) is 5.40. The molecule has 0 spiro atoms. The van der Waals surface area contributed by atoms with Crippen LogP contribution in [0.2, 0.25) is 0 Å². The van der Waals surface area contributed by atoms with Crippen LogP contribution in [0.3, 0.4) is 0 Å². The molecule has 0 unspecified atom stereocenters. The quantitative estimate of drug-likeness (QED) is 0.465. The van der Waals surface area contributed by atoms with Crippen LogP contribution < -0.4 is 5.56 Å². The van der Waals surface area contributed by atoms with Gasteiger partial charge in [0.05, 0.1) is 28.6 Å². The number of halogens is 3. The van der Waals surface area contributed by atoms with Crippen LogP contribution in [0.15, 0.2) is 23.1 Å². The molecule has 1 aliphatic heterocycles. The second-order valence-corrected chi connectivity index (χ2v) is 11.5. The van der Waals surface area contributed by atoms with Crippen molar-refractivity contribution in [3.63, 3.8) is 0 Å². The van der Waals surface area contributed by atoms with Crippen LogP contribution in [-0.4, -0.2) is 37.3 Å². The minimum atomic E-state index is -4.20. The molecule has 2 atom stereocenters. The summed E-state index contributed by atoms with van der Waals surface area (Å²) < 4.78 is 48.6. The normalized spacial score (nSPS) is 29.3. The fourth-order valence-electron chi connectivity index (χ4n) is 6.40. The molecule has 7 rings (SSSR count). The van der Waals surface area contributed by atoms with Gasteiger partial charge in [-0.15, -0.1) is 0 Å². The van der Waals surface area contributed by atoms with Gasteiger partial charge in [-0.2, -0.15) is 13.2 Å². The molecule has 4 aliphatic rings. The average molecular weight is 514 g/mol. The van der Waals surface area contributed by atoms with Gasteiger partial charge in [-0.3, -0.25) is 4.79 Å². The van der Waals surface area contributed by atoms with E-state index in [9.17, 15) is 18.0 Å². The molecule has 0 aromatic carbocycles. The maximum absolute atomic E-state index is 13.6. The summed E-state index contributed by atoms with van der Waals surface area (Å²) >= 11 is 0. The van der Waals surface area contributed by atoms with Crippen molar-refractivity contribution in [2.75, 3.05) is 6.61 Å². The van der Waals surface area contributed by atoms with Crippen molar-refractivity contribution in [3.05, 3.63) is 57.2 Å². The topological polar surface area (TPSA) is 82.8 Å². The van der Waals surface area contributed by atoms with Crippen molar-refractivity contribution in [1.29, 1.82) is 0 Å². The Morgan fingerprint density at radius 3 is 2.43 bits per heavy atom. The molecule has 7 nitrogen and oxygen atoms in total. The summed E-state index contributed by atoms with van der Waals surface area (Å²) in [6.45, 7) is 8.11. The Balaban J connectivity index is 1.37. The van der Waals surface area contributed by atoms with E-state index < -0.39 is 17.0 Å². The van der Waals surface area contributed by atoms with Gasteiger partial charge in [-0.05, 0) is 71.4 Å². The minimum absolute atomic E-state index is 0.0246. The van der Waals surface area contributed by atoms with Gasteiger partial charge >= 0.3 is 6.18 Å². The first-order valence-corrected chi connectivity index (χ1v) is 12.9. The summed E-state index contributed by atoms with van der Waals surface area (Å²) in [5.41, 5.74) is 1.72. The van der Waals surface area contributed by atoms with Gasteiger partial charge < -0.3 is 9.30 Å². The largest absolute Gasteiger partial charge is 0.394 e. The van der Waals surface area contributed by atoms with Gasteiger partial charge in [0.25, 0.3) is 5.56 Å². The maximum Gasteiger partial charge on any atom is 0.394 e. The van der Waals surface area contributed by atoms with Crippen LogP contribution >= 0.6 is 0 Å². The molecule has 3 saturated carbocycles.